The highest BCUT2D eigenvalue weighted by Gasteiger charge is 2.18. The second-order valence-electron chi connectivity index (χ2n) is 3.38. The maximum atomic E-state index is 4.15. The molecule has 4 nitrogen and oxygen atoms in total. The minimum atomic E-state index is 0.524. The summed E-state index contributed by atoms with van der Waals surface area (Å²) in [5.74, 6) is 0. The number of aromatic nitrogens is 3. The first-order valence-electron chi connectivity index (χ1n) is 4.40. The van der Waals surface area contributed by atoms with Crippen LogP contribution in [-0.2, 0) is 0 Å². The molecule has 0 amide bonds. The first-order valence-corrected chi connectivity index (χ1v) is 4.40. The van der Waals surface area contributed by atoms with E-state index in [1.165, 1.54) is 12.8 Å². The molecule has 0 bridgehead atoms. The maximum Gasteiger partial charge on any atom is 0.0740 e. The second-order valence-corrected chi connectivity index (χ2v) is 3.38. The first kappa shape index (κ1) is 7.73. The summed E-state index contributed by atoms with van der Waals surface area (Å²) in [4.78, 5) is 4.19. The molecule has 0 spiro atoms. The lowest BCUT2D eigenvalue weighted by Crippen LogP contribution is -2.32. The summed E-state index contributed by atoms with van der Waals surface area (Å²) in [7, 11) is 2.16. The van der Waals surface area contributed by atoms with E-state index in [4.69, 9.17) is 0 Å². The normalized spacial score (nSPS) is 21.4. The summed E-state index contributed by atoms with van der Waals surface area (Å²) in [6, 6.07) is 0.524. The average molecular weight is 166 g/mol. The van der Waals surface area contributed by atoms with E-state index in [0.29, 0.717) is 6.04 Å². The molecule has 4 heteroatoms. The molecule has 0 N–H and O–H groups in total. The standard InChI is InChI=1S/C8H14N4/c1-11-6-2-8(3-7-11)12-9-4-5-10-12/h4-5,8H,2-3,6-7H2,1H3. The Morgan fingerprint density at radius 1 is 1.17 bits per heavy atom. The third-order valence-corrected chi connectivity index (χ3v) is 2.45. The molecule has 1 fully saturated rings. The van der Waals surface area contributed by atoms with Crippen molar-refractivity contribution in [2.45, 2.75) is 18.9 Å². The topological polar surface area (TPSA) is 34.0 Å². The molecular formula is C8H14N4. The number of hydrogen-bond donors (Lipinski definition) is 0. The molecule has 1 aromatic rings. The molecule has 0 atom stereocenters. The molecule has 1 aliphatic rings. The quantitative estimate of drug-likeness (QED) is 0.610. The van der Waals surface area contributed by atoms with E-state index in [0.717, 1.165) is 13.1 Å². The zero-order valence-electron chi connectivity index (χ0n) is 7.35. The number of hydrogen-bond acceptors (Lipinski definition) is 3. The number of rotatable bonds is 1. The van der Waals surface area contributed by atoms with E-state index in [1.54, 1.807) is 12.4 Å². The van der Waals surface area contributed by atoms with Gasteiger partial charge in [0.25, 0.3) is 0 Å². The Labute approximate surface area is 72.2 Å². The molecule has 1 saturated heterocycles. The van der Waals surface area contributed by atoms with Crippen LogP contribution in [0.5, 0.6) is 0 Å². The van der Waals surface area contributed by atoms with Gasteiger partial charge in [0, 0.05) is 0 Å². The summed E-state index contributed by atoms with van der Waals surface area (Å²) in [6.45, 7) is 2.32. The lowest BCUT2D eigenvalue weighted by molar-refractivity contribution is 0.201. The summed E-state index contributed by atoms with van der Waals surface area (Å²) in [5, 5.41) is 8.30. The Hall–Kier alpha value is -0.900. The fourth-order valence-corrected chi connectivity index (χ4v) is 1.64. The Bertz CT molecular complexity index is 223. The fraction of sp³-hybridized carbons (Fsp3) is 0.750. The summed E-state index contributed by atoms with van der Waals surface area (Å²) in [5.41, 5.74) is 0. The van der Waals surface area contributed by atoms with Crippen molar-refractivity contribution in [3.8, 4) is 0 Å². The van der Waals surface area contributed by atoms with Crippen LogP contribution in [0.2, 0.25) is 0 Å². The Morgan fingerprint density at radius 3 is 2.33 bits per heavy atom. The van der Waals surface area contributed by atoms with Crippen molar-refractivity contribution in [3.05, 3.63) is 12.4 Å². The van der Waals surface area contributed by atoms with Crippen LogP contribution in [0, 0.1) is 0 Å². The summed E-state index contributed by atoms with van der Waals surface area (Å²) < 4.78 is 0. The van der Waals surface area contributed by atoms with E-state index in [2.05, 4.69) is 22.1 Å². The highest BCUT2D eigenvalue weighted by atomic mass is 15.5. The van der Waals surface area contributed by atoms with Gasteiger partial charge in [0.2, 0.25) is 0 Å². The van der Waals surface area contributed by atoms with E-state index in [1.807, 2.05) is 4.80 Å². The van der Waals surface area contributed by atoms with E-state index >= 15 is 0 Å². The smallest absolute Gasteiger partial charge is 0.0740 e. The van der Waals surface area contributed by atoms with Crippen LogP contribution in [0.3, 0.4) is 0 Å². The SMILES string of the molecule is CN1CCC(n2nccn2)CC1. The van der Waals surface area contributed by atoms with Gasteiger partial charge in [-0.25, -0.2) is 0 Å². The van der Waals surface area contributed by atoms with Crippen molar-refractivity contribution in [1.29, 1.82) is 0 Å². The minimum absolute atomic E-state index is 0.524. The molecule has 1 aliphatic heterocycles. The predicted molar refractivity (Wildman–Crippen MR) is 45.8 cm³/mol. The van der Waals surface area contributed by atoms with E-state index in [9.17, 15) is 0 Å². The van der Waals surface area contributed by atoms with E-state index < -0.39 is 0 Å². The van der Waals surface area contributed by atoms with Crippen LogP contribution in [0.1, 0.15) is 18.9 Å². The Kier molecular flexibility index (Phi) is 2.08. The molecule has 66 valence electrons. The van der Waals surface area contributed by atoms with Crippen LogP contribution in [0.25, 0.3) is 0 Å². The van der Waals surface area contributed by atoms with Gasteiger partial charge in [-0.15, -0.1) is 0 Å². The zero-order chi connectivity index (χ0) is 8.39. The molecule has 1 aromatic heterocycles. The molecule has 2 rings (SSSR count). The van der Waals surface area contributed by atoms with Crippen LogP contribution < -0.4 is 0 Å². The predicted octanol–water partition coefficient (Wildman–Crippen LogP) is 0.545. The van der Waals surface area contributed by atoms with E-state index in [-0.39, 0.29) is 0 Å². The van der Waals surface area contributed by atoms with Gasteiger partial charge in [-0.1, -0.05) is 0 Å². The Morgan fingerprint density at radius 2 is 1.75 bits per heavy atom. The van der Waals surface area contributed by atoms with Gasteiger partial charge in [-0.3, -0.25) is 0 Å². The average Bonchev–Trinajstić information content (AvgIpc) is 2.58. The minimum Gasteiger partial charge on any atom is -0.306 e. The number of piperidine rings is 1. The Balaban J connectivity index is 1.99. The second kappa shape index (κ2) is 3.23. The molecule has 0 unspecified atom stereocenters. The van der Waals surface area contributed by atoms with Gasteiger partial charge >= 0.3 is 0 Å². The van der Waals surface area contributed by atoms with Gasteiger partial charge < -0.3 is 4.90 Å². The van der Waals surface area contributed by atoms with Crippen LogP contribution in [0.15, 0.2) is 12.4 Å². The third-order valence-electron chi connectivity index (χ3n) is 2.45. The first-order chi connectivity index (χ1) is 5.86. The van der Waals surface area contributed by atoms with Crippen molar-refractivity contribution >= 4 is 0 Å². The molecular weight excluding hydrogens is 152 g/mol. The molecule has 0 radical (unpaired) electrons. The molecule has 0 aliphatic carbocycles. The van der Waals surface area contributed by atoms with Gasteiger partial charge in [0.15, 0.2) is 0 Å². The van der Waals surface area contributed by atoms with Crippen molar-refractivity contribution in [3.63, 3.8) is 0 Å². The van der Waals surface area contributed by atoms with Gasteiger partial charge in [0.1, 0.15) is 0 Å². The van der Waals surface area contributed by atoms with Gasteiger partial charge in [0.05, 0.1) is 18.4 Å². The lowest BCUT2D eigenvalue weighted by Gasteiger charge is -2.27. The van der Waals surface area contributed by atoms with Crippen molar-refractivity contribution in [2.24, 2.45) is 0 Å². The molecule has 0 aromatic carbocycles. The molecule has 0 saturated carbocycles. The van der Waals surface area contributed by atoms with Crippen LogP contribution in [-0.4, -0.2) is 40.0 Å². The van der Waals surface area contributed by atoms with Gasteiger partial charge in [-0.2, -0.15) is 15.0 Å². The number of nitrogens with zero attached hydrogens (tertiary/aromatic N) is 4. The van der Waals surface area contributed by atoms with Crippen LogP contribution >= 0.6 is 0 Å². The number of likely N-dealkylation sites (tertiary alicyclic amines) is 1. The fourth-order valence-electron chi connectivity index (χ4n) is 1.64. The van der Waals surface area contributed by atoms with Crippen molar-refractivity contribution < 1.29 is 0 Å². The monoisotopic (exact) mass is 166 g/mol. The van der Waals surface area contributed by atoms with Crippen LogP contribution in [0.4, 0.5) is 0 Å². The molecule has 12 heavy (non-hydrogen) atoms. The largest absolute Gasteiger partial charge is 0.306 e. The summed E-state index contributed by atoms with van der Waals surface area (Å²) >= 11 is 0. The lowest BCUT2D eigenvalue weighted by atomic mass is 10.1. The summed E-state index contributed by atoms with van der Waals surface area (Å²) in [6.07, 6.45) is 5.84. The van der Waals surface area contributed by atoms with Gasteiger partial charge in [-0.05, 0) is 33.0 Å². The zero-order valence-corrected chi connectivity index (χ0v) is 7.35. The van der Waals surface area contributed by atoms with Crippen molar-refractivity contribution in [2.75, 3.05) is 20.1 Å². The molecule has 2 heterocycles. The third kappa shape index (κ3) is 1.48. The highest BCUT2D eigenvalue weighted by molar-refractivity contribution is 4.73. The highest BCUT2D eigenvalue weighted by Crippen LogP contribution is 2.18. The van der Waals surface area contributed by atoms with Crippen molar-refractivity contribution in [1.82, 2.24) is 19.9 Å². The maximum absolute atomic E-state index is 4.15.